The molecular formula is C18H18IN5O5. The molecule has 0 amide bonds. The van der Waals surface area contributed by atoms with Crippen molar-refractivity contribution in [1.29, 1.82) is 0 Å². The van der Waals surface area contributed by atoms with Gasteiger partial charge in [0.05, 0.1) is 13.4 Å². The first-order valence-corrected chi connectivity index (χ1v) is 9.82. The average molecular weight is 511 g/mol. The third-order valence-electron chi connectivity index (χ3n) is 4.65. The lowest BCUT2D eigenvalue weighted by atomic mass is 10.1. The van der Waals surface area contributed by atoms with Crippen LogP contribution in [0.4, 0.5) is 5.82 Å². The molecule has 0 unspecified atom stereocenters. The molecule has 11 heteroatoms. The number of carbonyl (C=O) groups excluding carboxylic acids is 1. The number of methoxy groups -OCH3 is 1. The van der Waals surface area contributed by atoms with Crippen molar-refractivity contribution in [2.24, 2.45) is 0 Å². The van der Waals surface area contributed by atoms with Crippen molar-refractivity contribution in [2.75, 3.05) is 12.4 Å². The minimum atomic E-state index is -1.43. The molecule has 0 spiro atoms. The lowest BCUT2D eigenvalue weighted by molar-refractivity contribution is -0.158. The zero-order valence-corrected chi connectivity index (χ0v) is 17.4. The Morgan fingerprint density at radius 1 is 1.31 bits per heavy atom. The van der Waals surface area contributed by atoms with Gasteiger partial charge in [-0.3, -0.25) is 4.57 Å². The van der Waals surface area contributed by atoms with Gasteiger partial charge in [-0.05, 0) is 40.3 Å². The van der Waals surface area contributed by atoms with E-state index in [0.717, 1.165) is 9.13 Å². The Morgan fingerprint density at radius 2 is 2.14 bits per heavy atom. The number of aliphatic hydroxyl groups is 2. The maximum atomic E-state index is 11.8. The number of benzene rings is 1. The third-order valence-corrected chi connectivity index (χ3v) is 5.32. The number of carbonyl (C=O) groups is 1. The number of aromatic nitrogens is 4. The van der Waals surface area contributed by atoms with Crippen LogP contribution >= 0.6 is 22.6 Å². The Bertz CT molecular complexity index is 1040. The van der Waals surface area contributed by atoms with Crippen LogP contribution in [0.1, 0.15) is 11.8 Å². The fraction of sp³-hybridized carbons (Fsp3) is 0.333. The van der Waals surface area contributed by atoms with E-state index in [4.69, 9.17) is 4.74 Å². The zero-order chi connectivity index (χ0) is 20.5. The summed E-state index contributed by atoms with van der Waals surface area (Å²) in [5.41, 5.74) is 1.96. The van der Waals surface area contributed by atoms with E-state index in [1.807, 2.05) is 18.2 Å². The summed E-state index contributed by atoms with van der Waals surface area (Å²) >= 11 is 2.25. The molecule has 1 aromatic carbocycles. The first kappa shape index (κ1) is 19.9. The number of fused-ring (bicyclic) bond motifs is 1. The summed E-state index contributed by atoms with van der Waals surface area (Å²) in [7, 11) is 1.18. The Balaban J connectivity index is 1.60. The molecule has 4 rings (SSSR count). The van der Waals surface area contributed by atoms with Crippen molar-refractivity contribution in [1.82, 2.24) is 19.5 Å². The van der Waals surface area contributed by atoms with Crippen molar-refractivity contribution in [3.8, 4) is 0 Å². The maximum Gasteiger partial charge on any atom is 0.337 e. The van der Waals surface area contributed by atoms with Crippen LogP contribution in [0.25, 0.3) is 11.2 Å². The second-order valence-corrected chi connectivity index (χ2v) is 7.73. The highest BCUT2D eigenvalue weighted by atomic mass is 127. The second-order valence-electron chi connectivity index (χ2n) is 6.48. The number of nitrogens with zero attached hydrogens (tertiary/aromatic N) is 4. The quantitative estimate of drug-likeness (QED) is 0.337. The van der Waals surface area contributed by atoms with Gasteiger partial charge in [0.1, 0.15) is 18.5 Å². The largest absolute Gasteiger partial charge is 0.467 e. The fourth-order valence-electron chi connectivity index (χ4n) is 3.20. The molecule has 3 heterocycles. The van der Waals surface area contributed by atoms with Gasteiger partial charge >= 0.3 is 5.97 Å². The van der Waals surface area contributed by atoms with E-state index < -0.39 is 30.5 Å². The molecule has 1 saturated heterocycles. The zero-order valence-electron chi connectivity index (χ0n) is 15.3. The van der Waals surface area contributed by atoms with Crippen molar-refractivity contribution in [2.45, 2.75) is 31.1 Å². The van der Waals surface area contributed by atoms with Gasteiger partial charge in [0, 0.05) is 10.1 Å². The van der Waals surface area contributed by atoms with Gasteiger partial charge in [-0.1, -0.05) is 12.1 Å². The number of rotatable bonds is 5. The summed E-state index contributed by atoms with van der Waals surface area (Å²) in [6, 6.07) is 8.05. The van der Waals surface area contributed by atoms with E-state index >= 15 is 0 Å². The van der Waals surface area contributed by atoms with Crippen LogP contribution in [0.2, 0.25) is 0 Å². The van der Waals surface area contributed by atoms with Gasteiger partial charge < -0.3 is 25.0 Å². The third kappa shape index (κ3) is 3.77. The van der Waals surface area contributed by atoms with Crippen LogP contribution in [-0.4, -0.2) is 61.1 Å². The van der Waals surface area contributed by atoms with E-state index in [1.165, 1.54) is 24.3 Å². The Morgan fingerprint density at radius 3 is 2.90 bits per heavy atom. The molecule has 3 N–H and O–H groups in total. The van der Waals surface area contributed by atoms with E-state index in [-0.39, 0.29) is 0 Å². The number of hydrogen-bond acceptors (Lipinski definition) is 9. The average Bonchev–Trinajstić information content (AvgIpc) is 3.28. The Labute approximate surface area is 179 Å². The number of aliphatic hydroxyl groups excluding tert-OH is 2. The highest BCUT2D eigenvalue weighted by molar-refractivity contribution is 14.1. The normalized spacial score (nSPS) is 24.0. The number of imidazole rings is 1. The lowest BCUT2D eigenvalue weighted by Gasteiger charge is -2.16. The number of hydrogen-bond donors (Lipinski definition) is 3. The fourth-order valence-corrected chi connectivity index (χ4v) is 3.81. The minimum absolute atomic E-state index is 0.395. The van der Waals surface area contributed by atoms with Gasteiger partial charge in [0.2, 0.25) is 0 Å². The van der Waals surface area contributed by atoms with Crippen molar-refractivity contribution < 1.29 is 24.5 Å². The minimum Gasteiger partial charge on any atom is -0.467 e. The molecule has 29 heavy (non-hydrogen) atoms. The van der Waals surface area contributed by atoms with E-state index in [9.17, 15) is 15.0 Å². The van der Waals surface area contributed by atoms with Crippen LogP contribution in [0, 0.1) is 3.57 Å². The summed E-state index contributed by atoms with van der Waals surface area (Å²) in [6.07, 6.45) is -2.32. The highest BCUT2D eigenvalue weighted by Crippen LogP contribution is 2.32. The monoisotopic (exact) mass is 511 g/mol. The van der Waals surface area contributed by atoms with Gasteiger partial charge in [0.25, 0.3) is 0 Å². The molecule has 3 aromatic rings. The van der Waals surface area contributed by atoms with E-state index in [2.05, 4.69) is 53.7 Å². The van der Waals surface area contributed by atoms with Gasteiger partial charge in [-0.25, -0.2) is 19.7 Å². The number of halogens is 1. The lowest BCUT2D eigenvalue weighted by Crippen LogP contribution is -2.36. The number of anilines is 1. The molecule has 1 aliphatic heterocycles. The molecule has 0 radical (unpaired) electrons. The molecule has 152 valence electrons. The standard InChI is InChI=1S/C18H18IN5O5/c1-28-18(27)14-12(25)13(26)17(29-14)24-8-23-11-15(21-7-22-16(11)24)20-6-9-3-2-4-10(19)5-9/h2-5,7-8,12-14,17,25-26H,6H2,1H3,(H,20,21,22)/t12-,13+,14-,17+/m0/s1. The SMILES string of the molecule is COC(=O)[C@H]1O[C@@H](n2cnc3c(NCc4cccc(I)c4)ncnc32)[C@H](O)[C@@H]1O. The number of esters is 1. The molecule has 1 fully saturated rings. The summed E-state index contributed by atoms with van der Waals surface area (Å²) in [5, 5.41) is 23.7. The molecule has 2 aromatic heterocycles. The summed E-state index contributed by atoms with van der Waals surface area (Å²) in [5.74, 6) is -0.247. The predicted octanol–water partition coefficient (Wildman–Crippen LogP) is 0.835. The topological polar surface area (TPSA) is 132 Å². The number of nitrogens with one attached hydrogen (secondary N) is 1. The van der Waals surface area contributed by atoms with Gasteiger partial charge in [0.15, 0.2) is 29.3 Å². The van der Waals surface area contributed by atoms with Crippen LogP contribution < -0.4 is 5.32 Å². The smallest absolute Gasteiger partial charge is 0.337 e. The second kappa shape index (κ2) is 8.18. The van der Waals surface area contributed by atoms with Crippen molar-refractivity contribution >= 4 is 45.5 Å². The molecule has 0 bridgehead atoms. The summed E-state index contributed by atoms with van der Waals surface area (Å²) in [6.45, 7) is 0.543. The molecule has 0 aliphatic carbocycles. The summed E-state index contributed by atoms with van der Waals surface area (Å²) in [4.78, 5) is 24.6. The Hall–Kier alpha value is -2.35. The maximum absolute atomic E-state index is 11.8. The predicted molar refractivity (Wildman–Crippen MR) is 110 cm³/mol. The van der Waals surface area contributed by atoms with Crippen LogP contribution in [-0.2, 0) is 20.8 Å². The van der Waals surface area contributed by atoms with Crippen molar-refractivity contribution in [3.05, 3.63) is 46.1 Å². The van der Waals surface area contributed by atoms with Gasteiger partial charge in [-0.2, -0.15) is 0 Å². The van der Waals surface area contributed by atoms with E-state index in [1.54, 1.807) is 0 Å². The van der Waals surface area contributed by atoms with Gasteiger partial charge in [-0.15, -0.1) is 0 Å². The molecule has 1 aliphatic rings. The Kier molecular flexibility index (Phi) is 5.63. The molecule has 4 atom stereocenters. The first-order chi connectivity index (χ1) is 14.0. The molecule has 0 saturated carbocycles. The van der Waals surface area contributed by atoms with E-state index in [0.29, 0.717) is 23.5 Å². The molecular weight excluding hydrogens is 493 g/mol. The van der Waals surface area contributed by atoms with Crippen LogP contribution in [0.15, 0.2) is 36.9 Å². The van der Waals surface area contributed by atoms with Crippen LogP contribution in [0.3, 0.4) is 0 Å². The highest BCUT2D eigenvalue weighted by Gasteiger charge is 2.48. The number of ether oxygens (including phenoxy) is 2. The van der Waals surface area contributed by atoms with Crippen LogP contribution in [0.5, 0.6) is 0 Å². The molecule has 10 nitrogen and oxygen atoms in total. The van der Waals surface area contributed by atoms with Crippen molar-refractivity contribution in [3.63, 3.8) is 0 Å². The summed E-state index contributed by atoms with van der Waals surface area (Å²) < 4.78 is 12.7. The first-order valence-electron chi connectivity index (χ1n) is 8.75.